The van der Waals surface area contributed by atoms with Crippen LogP contribution in [0.25, 0.3) is 10.9 Å². The van der Waals surface area contributed by atoms with Crippen LogP contribution in [0.4, 0.5) is 9.18 Å². The van der Waals surface area contributed by atoms with Crippen molar-refractivity contribution < 1.29 is 19.1 Å². The van der Waals surface area contributed by atoms with Gasteiger partial charge in [0.25, 0.3) is 5.91 Å². The Bertz CT molecular complexity index is 1100. The number of nitrogens with zero attached hydrogens (tertiary/aromatic N) is 3. The molecular formula is C21H20FN5O3. The molecule has 0 spiro atoms. The smallest absolute Gasteiger partial charge is 0.317 e. The minimum atomic E-state index is -0.565. The molecule has 0 atom stereocenters. The Labute approximate surface area is 171 Å². The summed E-state index contributed by atoms with van der Waals surface area (Å²) in [5.74, 6) is -1.23. The third kappa shape index (κ3) is 4.00. The molecule has 4 rings (SSSR count). The number of aromatic nitrogens is 2. The number of urea groups is 1. The van der Waals surface area contributed by atoms with E-state index in [1.807, 2.05) is 0 Å². The largest absolute Gasteiger partial charge is 0.504 e. The van der Waals surface area contributed by atoms with Gasteiger partial charge in [-0.2, -0.15) is 0 Å². The molecule has 1 aliphatic heterocycles. The molecule has 3 aromatic rings. The minimum absolute atomic E-state index is 0.131. The molecule has 0 radical (unpaired) electrons. The molecule has 2 aromatic heterocycles. The van der Waals surface area contributed by atoms with E-state index < -0.39 is 5.91 Å². The molecule has 0 aliphatic carbocycles. The van der Waals surface area contributed by atoms with Crippen LogP contribution in [0.15, 0.2) is 42.6 Å². The van der Waals surface area contributed by atoms with E-state index >= 15 is 0 Å². The Balaban J connectivity index is 1.58. The topological polar surface area (TPSA) is 107 Å². The maximum atomic E-state index is 13.0. The van der Waals surface area contributed by atoms with E-state index in [0.717, 1.165) is 0 Å². The van der Waals surface area contributed by atoms with Gasteiger partial charge < -0.3 is 20.6 Å². The number of carbonyl (C=O) groups excluding carboxylic acids is 2. The van der Waals surface area contributed by atoms with Gasteiger partial charge in [-0.15, -0.1) is 0 Å². The summed E-state index contributed by atoms with van der Waals surface area (Å²) in [6.07, 6.45) is 1.94. The normalized spacial score (nSPS) is 13.5. The average molecular weight is 409 g/mol. The molecule has 0 bridgehead atoms. The van der Waals surface area contributed by atoms with Gasteiger partial charge >= 0.3 is 6.03 Å². The van der Waals surface area contributed by atoms with Crippen LogP contribution in [-0.4, -0.2) is 51.5 Å². The van der Waals surface area contributed by atoms with E-state index in [2.05, 4.69) is 20.6 Å². The van der Waals surface area contributed by atoms with Gasteiger partial charge in [-0.3, -0.25) is 9.78 Å². The highest BCUT2D eigenvalue weighted by atomic mass is 19.1. The molecule has 1 fully saturated rings. The second-order valence-corrected chi connectivity index (χ2v) is 6.93. The van der Waals surface area contributed by atoms with Gasteiger partial charge in [-0.05, 0) is 29.8 Å². The monoisotopic (exact) mass is 409 g/mol. The quantitative estimate of drug-likeness (QED) is 0.577. The zero-order valence-electron chi connectivity index (χ0n) is 16.1. The van der Waals surface area contributed by atoms with Gasteiger partial charge in [0.2, 0.25) is 0 Å². The number of nitrogens with one attached hydrogen (secondary N) is 2. The Hall–Kier alpha value is -3.75. The summed E-state index contributed by atoms with van der Waals surface area (Å²) >= 11 is 0. The molecule has 3 N–H and O–H groups in total. The van der Waals surface area contributed by atoms with Gasteiger partial charge in [-0.25, -0.2) is 14.2 Å². The highest BCUT2D eigenvalue weighted by Gasteiger charge is 2.22. The van der Waals surface area contributed by atoms with Crippen LogP contribution in [0.2, 0.25) is 0 Å². The fraction of sp³-hybridized carbons (Fsp3) is 0.238. The fourth-order valence-corrected chi connectivity index (χ4v) is 3.37. The van der Waals surface area contributed by atoms with Crippen LogP contribution < -0.4 is 10.6 Å². The lowest BCUT2D eigenvalue weighted by Crippen LogP contribution is -2.30. The van der Waals surface area contributed by atoms with Crippen molar-refractivity contribution in [2.75, 3.05) is 19.6 Å². The Morgan fingerprint density at radius 1 is 1.27 bits per heavy atom. The van der Waals surface area contributed by atoms with E-state index in [9.17, 15) is 19.1 Å². The van der Waals surface area contributed by atoms with E-state index in [-0.39, 0.29) is 35.4 Å². The minimum Gasteiger partial charge on any atom is -0.504 e. The van der Waals surface area contributed by atoms with Crippen LogP contribution in [0.3, 0.4) is 0 Å². The first-order valence-electron chi connectivity index (χ1n) is 9.55. The number of fused-ring (bicyclic) bond motifs is 1. The van der Waals surface area contributed by atoms with Crippen molar-refractivity contribution in [3.05, 3.63) is 65.4 Å². The van der Waals surface area contributed by atoms with Crippen LogP contribution >= 0.6 is 0 Å². The van der Waals surface area contributed by atoms with Crippen molar-refractivity contribution in [2.24, 2.45) is 0 Å². The van der Waals surface area contributed by atoms with Crippen LogP contribution in [0.5, 0.6) is 5.75 Å². The van der Waals surface area contributed by atoms with Crippen molar-refractivity contribution in [3.63, 3.8) is 0 Å². The lowest BCUT2D eigenvalue weighted by atomic mass is 10.1. The molecule has 3 amide bonds. The van der Waals surface area contributed by atoms with Gasteiger partial charge in [-0.1, -0.05) is 12.1 Å². The number of halogens is 1. The number of amides is 3. The van der Waals surface area contributed by atoms with Crippen molar-refractivity contribution in [2.45, 2.75) is 13.0 Å². The SMILES string of the molecule is O=C(NCc1ccc(F)cc1)c1nc(CCN2CCNC2=O)c2cccnc2c1O. The number of aromatic hydroxyl groups is 1. The Morgan fingerprint density at radius 2 is 2.07 bits per heavy atom. The zero-order chi connectivity index (χ0) is 21.1. The lowest BCUT2D eigenvalue weighted by Gasteiger charge is -2.16. The molecular weight excluding hydrogens is 389 g/mol. The van der Waals surface area contributed by atoms with E-state index in [1.54, 1.807) is 29.2 Å². The average Bonchev–Trinajstić information content (AvgIpc) is 3.17. The van der Waals surface area contributed by atoms with Gasteiger partial charge in [0, 0.05) is 44.2 Å². The Morgan fingerprint density at radius 3 is 2.80 bits per heavy atom. The second kappa shape index (κ2) is 8.32. The molecule has 9 heteroatoms. The number of rotatable bonds is 6. The highest BCUT2D eigenvalue weighted by molar-refractivity contribution is 6.01. The molecule has 0 unspecified atom stereocenters. The standard InChI is InChI=1S/C21H20FN5O3/c22-14-5-3-13(4-6-14)12-25-20(29)18-19(28)17-15(2-1-8-23-17)16(26-18)7-10-27-11-9-24-21(27)30/h1-6,8,28H,7,9-12H2,(H,24,30)(H,25,29). The molecule has 8 nitrogen and oxygen atoms in total. The fourth-order valence-electron chi connectivity index (χ4n) is 3.37. The van der Waals surface area contributed by atoms with E-state index in [4.69, 9.17) is 0 Å². The molecule has 1 aliphatic rings. The van der Waals surface area contributed by atoms with Crippen molar-refractivity contribution in [3.8, 4) is 5.75 Å². The molecule has 3 heterocycles. The van der Waals surface area contributed by atoms with Gasteiger partial charge in [0.05, 0.1) is 5.69 Å². The molecule has 154 valence electrons. The second-order valence-electron chi connectivity index (χ2n) is 6.93. The Kier molecular flexibility index (Phi) is 5.42. The predicted octanol–water partition coefficient (Wildman–Crippen LogP) is 1.97. The van der Waals surface area contributed by atoms with Crippen LogP contribution in [0, 0.1) is 5.82 Å². The maximum Gasteiger partial charge on any atom is 0.317 e. The number of carbonyl (C=O) groups is 2. The van der Waals surface area contributed by atoms with Crippen LogP contribution in [-0.2, 0) is 13.0 Å². The number of benzene rings is 1. The summed E-state index contributed by atoms with van der Waals surface area (Å²) in [6, 6.07) is 9.12. The number of hydrogen-bond acceptors (Lipinski definition) is 5. The first-order chi connectivity index (χ1) is 14.5. The van der Waals surface area contributed by atoms with E-state index in [0.29, 0.717) is 42.7 Å². The maximum absolute atomic E-state index is 13.0. The first-order valence-corrected chi connectivity index (χ1v) is 9.55. The van der Waals surface area contributed by atoms with Crippen molar-refractivity contribution in [1.29, 1.82) is 0 Å². The molecule has 1 saturated heterocycles. The molecule has 30 heavy (non-hydrogen) atoms. The van der Waals surface area contributed by atoms with Gasteiger partial charge in [0.1, 0.15) is 11.3 Å². The van der Waals surface area contributed by atoms with Gasteiger partial charge in [0.15, 0.2) is 11.4 Å². The summed E-state index contributed by atoms with van der Waals surface area (Å²) in [5, 5.41) is 16.6. The summed E-state index contributed by atoms with van der Waals surface area (Å²) < 4.78 is 13.0. The number of pyridine rings is 2. The lowest BCUT2D eigenvalue weighted by molar-refractivity contribution is 0.0943. The summed E-state index contributed by atoms with van der Waals surface area (Å²) in [4.78, 5) is 34.8. The number of hydrogen-bond donors (Lipinski definition) is 3. The molecule has 0 saturated carbocycles. The first kappa shape index (κ1) is 19.6. The van der Waals surface area contributed by atoms with Crippen LogP contribution in [0.1, 0.15) is 21.7 Å². The third-order valence-corrected chi connectivity index (χ3v) is 4.96. The zero-order valence-corrected chi connectivity index (χ0v) is 16.1. The highest BCUT2D eigenvalue weighted by Crippen LogP contribution is 2.28. The summed E-state index contributed by atoms with van der Waals surface area (Å²) in [6.45, 7) is 1.80. The summed E-state index contributed by atoms with van der Waals surface area (Å²) in [5.41, 5.74) is 1.43. The third-order valence-electron chi connectivity index (χ3n) is 4.96. The predicted molar refractivity (Wildman–Crippen MR) is 107 cm³/mol. The molecule has 1 aromatic carbocycles. The van der Waals surface area contributed by atoms with Crippen molar-refractivity contribution in [1.82, 2.24) is 25.5 Å². The summed E-state index contributed by atoms with van der Waals surface area (Å²) in [7, 11) is 0. The van der Waals surface area contributed by atoms with E-state index in [1.165, 1.54) is 18.3 Å². The van der Waals surface area contributed by atoms with Crippen molar-refractivity contribution >= 4 is 22.8 Å².